The molecule has 0 heterocycles. The van der Waals surface area contributed by atoms with Crippen molar-refractivity contribution in [3.63, 3.8) is 0 Å². The summed E-state index contributed by atoms with van der Waals surface area (Å²) in [5, 5.41) is 3.69. The van der Waals surface area contributed by atoms with E-state index in [0.29, 0.717) is 11.5 Å². The number of benzene rings is 1. The van der Waals surface area contributed by atoms with E-state index in [1.165, 1.54) is 55.2 Å². The summed E-state index contributed by atoms with van der Waals surface area (Å²) < 4.78 is 0. The van der Waals surface area contributed by atoms with Crippen molar-refractivity contribution >= 4 is 0 Å². The second-order valence-electron chi connectivity index (χ2n) is 7.64. The van der Waals surface area contributed by atoms with Crippen molar-refractivity contribution in [3.05, 3.63) is 34.9 Å². The highest BCUT2D eigenvalue weighted by molar-refractivity contribution is 5.31. The summed E-state index contributed by atoms with van der Waals surface area (Å²) >= 11 is 0. The highest BCUT2D eigenvalue weighted by Crippen LogP contribution is 2.46. The molecule has 1 fully saturated rings. The first-order valence-electron chi connectivity index (χ1n) is 8.70. The lowest BCUT2D eigenvalue weighted by molar-refractivity contribution is 0.160. The van der Waals surface area contributed by atoms with Gasteiger partial charge >= 0.3 is 0 Å². The molecule has 1 unspecified atom stereocenters. The van der Waals surface area contributed by atoms with Crippen molar-refractivity contribution in [2.45, 2.75) is 72.3 Å². The monoisotopic (exact) mass is 287 g/mol. The molecule has 118 valence electrons. The average molecular weight is 287 g/mol. The SMILES string of the molecule is CNC(Cc1cc(C)ccc1C)C1(CC(C)C)CCCC1. The predicted octanol–water partition coefficient (Wildman–Crippen LogP) is 5.04. The third-order valence-electron chi connectivity index (χ3n) is 5.43. The lowest BCUT2D eigenvalue weighted by atomic mass is 9.70. The topological polar surface area (TPSA) is 12.0 Å². The van der Waals surface area contributed by atoms with E-state index in [-0.39, 0.29) is 0 Å². The summed E-state index contributed by atoms with van der Waals surface area (Å²) in [4.78, 5) is 0. The Bertz CT molecular complexity index is 455. The average Bonchev–Trinajstić information content (AvgIpc) is 2.88. The normalized spacial score (nSPS) is 19.1. The third kappa shape index (κ3) is 3.88. The van der Waals surface area contributed by atoms with Crippen LogP contribution in [0, 0.1) is 25.2 Å². The fraction of sp³-hybridized carbons (Fsp3) is 0.700. The van der Waals surface area contributed by atoms with Crippen molar-refractivity contribution in [1.82, 2.24) is 5.32 Å². The van der Waals surface area contributed by atoms with Gasteiger partial charge in [0.2, 0.25) is 0 Å². The van der Waals surface area contributed by atoms with Gasteiger partial charge in [-0.05, 0) is 69.0 Å². The molecular formula is C20H33N. The van der Waals surface area contributed by atoms with E-state index in [1.807, 2.05) is 0 Å². The Balaban J connectivity index is 2.22. The lowest BCUT2D eigenvalue weighted by Gasteiger charge is -2.39. The van der Waals surface area contributed by atoms with Crippen LogP contribution in [0.15, 0.2) is 18.2 Å². The minimum atomic E-state index is 0.513. The zero-order valence-corrected chi connectivity index (χ0v) is 14.6. The molecule has 1 saturated carbocycles. The fourth-order valence-electron chi connectivity index (χ4n) is 4.45. The van der Waals surface area contributed by atoms with Crippen LogP contribution in [0.3, 0.4) is 0 Å². The van der Waals surface area contributed by atoms with Crippen LogP contribution in [0.2, 0.25) is 0 Å². The Labute approximate surface area is 131 Å². The van der Waals surface area contributed by atoms with Gasteiger partial charge in [-0.25, -0.2) is 0 Å². The van der Waals surface area contributed by atoms with Crippen LogP contribution in [-0.4, -0.2) is 13.1 Å². The van der Waals surface area contributed by atoms with Crippen molar-refractivity contribution in [3.8, 4) is 0 Å². The number of rotatable bonds is 6. The van der Waals surface area contributed by atoms with Gasteiger partial charge in [0, 0.05) is 6.04 Å². The first-order chi connectivity index (χ1) is 9.97. The van der Waals surface area contributed by atoms with Gasteiger partial charge < -0.3 is 5.32 Å². The van der Waals surface area contributed by atoms with Crippen LogP contribution in [0.1, 0.15) is 62.6 Å². The second kappa shape index (κ2) is 6.96. The van der Waals surface area contributed by atoms with Crippen LogP contribution in [0.5, 0.6) is 0 Å². The molecule has 1 N–H and O–H groups in total. The van der Waals surface area contributed by atoms with Crippen molar-refractivity contribution in [2.75, 3.05) is 7.05 Å². The predicted molar refractivity (Wildman–Crippen MR) is 92.8 cm³/mol. The van der Waals surface area contributed by atoms with Crippen molar-refractivity contribution in [1.29, 1.82) is 0 Å². The molecule has 1 aromatic rings. The zero-order chi connectivity index (χ0) is 15.5. The zero-order valence-electron chi connectivity index (χ0n) is 14.6. The summed E-state index contributed by atoms with van der Waals surface area (Å²) in [6, 6.07) is 7.51. The van der Waals surface area contributed by atoms with E-state index in [4.69, 9.17) is 0 Å². The molecular weight excluding hydrogens is 254 g/mol. The highest BCUT2D eigenvalue weighted by atomic mass is 14.9. The maximum absolute atomic E-state index is 3.69. The molecule has 1 heteroatoms. The molecule has 0 bridgehead atoms. The molecule has 1 aromatic carbocycles. The molecule has 1 nitrogen and oxygen atoms in total. The molecule has 1 aliphatic carbocycles. The Morgan fingerprint density at radius 1 is 1.14 bits per heavy atom. The van der Waals surface area contributed by atoms with Crippen LogP contribution >= 0.6 is 0 Å². The van der Waals surface area contributed by atoms with Gasteiger partial charge in [-0.1, -0.05) is 50.5 Å². The van der Waals surface area contributed by atoms with Crippen LogP contribution in [0.25, 0.3) is 0 Å². The third-order valence-corrected chi connectivity index (χ3v) is 5.43. The smallest absolute Gasteiger partial charge is 0.0161 e. The number of likely N-dealkylation sites (N-methyl/N-ethyl adjacent to an activating group) is 1. The van der Waals surface area contributed by atoms with E-state index in [0.717, 1.165) is 5.92 Å². The van der Waals surface area contributed by atoms with E-state index < -0.39 is 0 Å². The first kappa shape index (κ1) is 16.5. The van der Waals surface area contributed by atoms with E-state index >= 15 is 0 Å². The van der Waals surface area contributed by atoms with Gasteiger partial charge in [-0.2, -0.15) is 0 Å². The summed E-state index contributed by atoms with van der Waals surface area (Å²) in [5.41, 5.74) is 4.87. The lowest BCUT2D eigenvalue weighted by Crippen LogP contribution is -2.44. The quantitative estimate of drug-likeness (QED) is 0.773. The Kier molecular flexibility index (Phi) is 5.48. The number of hydrogen-bond acceptors (Lipinski definition) is 1. The molecule has 0 saturated heterocycles. The Morgan fingerprint density at radius 3 is 2.38 bits per heavy atom. The van der Waals surface area contributed by atoms with Crippen LogP contribution in [-0.2, 0) is 6.42 Å². The fourth-order valence-corrected chi connectivity index (χ4v) is 4.45. The van der Waals surface area contributed by atoms with Crippen molar-refractivity contribution < 1.29 is 0 Å². The molecule has 1 atom stereocenters. The minimum Gasteiger partial charge on any atom is -0.316 e. The number of aryl methyl sites for hydroxylation is 2. The Hall–Kier alpha value is -0.820. The molecule has 0 amide bonds. The van der Waals surface area contributed by atoms with Gasteiger partial charge in [0.05, 0.1) is 0 Å². The van der Waals surface area contributed by atoms with E-state index in [9.17, 15) is 0 Å². The highest BCUT2D eigenvalue weighted by Gasteiger charge is 2.40. The molecule has 0 radical (unpaired) electrons. The molecule has 1 aliphatic rings. The first-order valence-corrected chi connectivity index (χ1v) is 8.70. The van der Waals surface area contributed by atoms with Gasteiger partial charge in [-0.3, -0.25) is 0 Å². The standard InChI is InChI=1S/C20H33N/c1-15(2)14-20(10-6-7-11-20)19(21-5)13-18-12-16(3)8-9-17(18)4/h8-9,12,15,19,21H,6-7,10-11,13-14H2,1-5H3. The van der Waals surface area contributed by atoms with Crippen molar-refractivity contribution in [2.24, 2.45) is 11.3 Å². The molecule has 0 aromatic heterocycles. The molecule has 21 heavy (non-hydrogen) atoms. The van der Waals surface area contributed by atoms with Crippen LogP contribution in [0.4, 0.5) is 0 Å². The summed E-state index contributed by atoms with van der Waals surface area (Å²) in [5.74, 6) is 0.789. The number of hydrogen-bond donors (Lipinski definition) is 1. The molecule has 0 aliphatic heterocycles. The maximum atomic E-state index is 3.69. The minimum absolute atomic E-state index is 0.513. The summed E-state index contributed by atoms with van der Waals surface area (Å²) in [6.45, 7) is 9.22. The largest absolute Gasteiger partial charge is 0.316 e. The molecule has 2 rings (SSSR count). The molecule has 0 spiro atoms. The van der Waals surface area contributed by atoms with Gasteiger partial charge in [0.15, 0.2) is 0 Å². The van der Waals surface area contributed by atoms with Gasteiger partial charge in [0.25, 0.3) is 0 Å². The van der Waals surface area contributed by atoms with E-state index in [2.05, 4.69) is 58.3 Å². The summed E-state index contributed by atoms with van der Waals surface area (Å²) in [7, 11) is 2.16. The Morgan fingerprint density at radius 2 is 1.81 bits per heavy atom. The van der Waals surface area contributed by atoms with Gasteiger partial charge in [0.1, 0.15) is 0 Å². The summed E-state index contributed by atoms with van der Waals surface area (Å²) in [6.07, 6.45) is 8.18. The van der Waals surface area contributed by atoms with Gasteiger partial charge in [-0.15, -0.1) is 0 Å². The maximum Gasteiger partial charge on any atom is 0.0161 e. The second-order valence-corrected chi connectivity index (χ2v) is 7.64. The number of nitrogens with one attached hydrogen (secondary N) is 1. The van der Waals surface area contributed by atoms with Crippen LogP contribution < -0.4 is 5.32 Å². The van der Waals surface area contributed by atoms with E-state index in [1.54, 1.807) is 0 Å².